The number of likely N-dealkylation sites (tertiary alicyclic amines) is 1. The van der Waals surface area contributed by atoms with Gasteiger partial charge in [-0.25, -0.2) is 4.68 Å². The summed E-state index contributed by atoms with van der Waals surface area (Å²) < 4.78 is 1.68. The fourth-order valence-corrected chi connectivity index (χ4v) is 2.81. The van der Waals surface area contributed by atoms with E-state index in [-0.39, 0.29) is 11.8 Å². The lowest BCUT2D eigenvalue weighted by atomic mass is 10.1. The van der Waals surface area contributed by atoms with E-state index >= 15 is 0 Å². The summed E-state index contributed by atoms with van der Waals surface area (Å²) in [6.45, 7) is 4.72. The first-order valence-electron chi connectivity index (χ1n) is 7.25. The first-order valence-corrected chi connectivity index (χ1v) is 7.63. The zero-order valence-electron chi connectivity index (χ0n) is 12.5. The first kappa shape index (κ1) is 15.1. The molecule has 1 fully saturated rings. The minimum atomic E-state index is -0.449. The van der Waals surface area contributed by atoms with E-state index in [1.807, 2.05) is 26.0 Å². The molecule has 1 saturated heterocycles. The van der Waals surface area contributed by atoms with E-state index in [0.717, 1.165) is 5.69 Å². The highest BCUT2D eigenvalue weighted by atomic mass is 35.5. The zero-order valence-corrected chi connectivity index (χ0v) is 13.3. The van der Waals surface area contributed by atoms with Crippen molar-refractivity contribution in [2.24, 2.45) is 5.92 Å². The summed E-state index contributed by atoms with van der Waals surface area (Å²) in [4.78, 5) is 14.3. The lowest BCUT2D eigenvalue weighted by molar-refractivity contribution is 0.0764. The minimum absolute atomic E-state index is 0.0823. The van der Waals surface area contributed by atoms with Crippen molar-refractivity contribution < 1.29 is 9.90 Å². The van der Waals surface area contributed by atoms with Crippen molar-refractivity contribution in [1.82, 2.24) is 14.7 Å². The highest BCUT2D eigenvalue weighted by molar-refractivity contribution is 6.30. The summed E-state index contributed by atoms with van der Waals surface area (Å²) in [5.74, 6) is 0.0247. The smallest absolute Gasteiger partial charge is 0.257 e. The highest BCUT2D eigenvalue weighted by Crippen LogP contribution is 2.21. The van der Waals surface area contributed by atoms with Gasteiger partial charge in [0.15, 0.2) is 0 Å². The lowest BCUT2D eigenvalue weighted by Crippen LogP contribution is -2.29. The van der Waals surface area contributed by atoms with Crippen LogP contribution in [0.4, 0.5) is 0 Å². The number of benzene rings is 1. The van der Waals surface area contributed by atoms with E-state index < -0.39 is 6.10 Å². The van der Waals surface area contributed by atoms with Gasteiger partial charge in [-0.15, -0.1) is 0 Å². The molecule has 116 valence electrons. The Balaban J connectivity index is 1.86. The van der Waals surface area contributed by atoms with Gasteiger partial charge in [0.05, 0.1) is 23.0 Å². The molecule has 2 heterocycles. The third kappa shape index (κ3) is 2.74. The summed E-state index contributed by atoms with van der Waals surface area (Å²) in [6, 6.07) is 7.28. The molecule has 1 N–H and O–H groups in total. The third-order valence-electron chi connectivity index (χ3n) is 4.08. The number of hydrogen-bond acceptors (Lipinski definition) is 3. The molecule has 2 aromatic rings. The SMILES string of the molecule is Cc1nn(-c2ccc(Cl)cc2)cc1C(=O)N1C[C@@H](O)[C@@H](C)C1. The van der Waals surface area contributed by atoms with Crippen molar-refractivity contribution >= 4 is 17.5 Å². The number of carbonyl (C=O) groups excluding carboxylic acids is 1. The molecule has 1 aromatic heterocycles. The number of aryl methyl sites for hydroxylation is 1. The van der Waals surface area contributed by atoms with Crippen molar-refractivity contribution in [1.29, 1.82) is 0 Å². The van der Waals surface area contributed by atoms with Crippen molar-refractivity contribution in [3.8, 4) is 5.69 Å². The van der Waals surface area contributed by atoms with E-state index in [9.17, 15) is 9.90 Å². The van der Waals surface area contributed by atoms with Crippen LogP contribution in [0.3, 0.4) is 0 Å². The Hall–Kier alpha value is -1.85. The van der Waals surface area contributed by atoms with Crippen LogP contribution in [0.2, 0.25) is 5.02 Å². The maximum Gasteiger partial charge on any atom is 0.257 e. The molecule has 0 aliphatic carbocycles. The number of nitrogens with zero attached hydrogens (tertiary/aromatic N) is 3. The van der Waals surface area contributed by atoms with Crippen LogP contribution >= 0.6 is 11.6 Å². The standard InChI is InChI=1S/C16H18ClN3O2/c1-10-7-19(9-15(10)21)16(22)14-8-20(18-11(14)2)13-5-3-12(17)4-6-13/h3-6,8,10,15,21H,7,9H2,1-2H3/t10-,15+/m0/s1. The van der Waals surface area contributed by atoms with Gasteiger partial charge in [0.2, 0.25) is 0 Å². The molecule has 1 aliphatic rings. The van der Waals surface area contributed by atoms with Gasteiger partial charge >= 0.3 is 0 Å². The predicted octanol–water partition coefficient (Wildman–Crippen LogP) is 2.29. The normalized spacial score (nSPS) is 21.4. The number of halogens is 1. The van der Waals surface area contributed by atoms with Crippen LogP contribution in [0.5, 0.6) is 0 Å². The summed E-state index contributed by atoms with van der Waals surface area (Å²) in [6.07, 6.45) is 1.28. The predicted molar refractivity (Wildman–Crippen MR) is 84.4 cm³/mol. The molecule has 0 radical (unpaired) electrons. The molecule has 5 nitrogen and oxygen atoms in total. The molecule has 2 atom stereocenters. The highest BCUT2D eigenvalue weighted by Gasteiger charge is 2.32. The van der Waals surface area contributed by atoms with E-state index in [4.69, 9.17) is 11.6 Å². The van der Waals surface area contributed by atoms with Crippen LogP contribution in [-0.2, 0) is 0 Å². The molecule has 0 saturated carbocycles. The summed E-state index contributed by atoms with van der Waals surface area (Å²) in [7, 11) is 0. The van der Waals surface area contributed by atoms with Gasteiger partial charge in [-0.2, -0.15) is 5.10 Å². The second kappa shape index (κ2) is 5.74. The maximum absolute atomic E-state index is 12.6. The fraction of sp³-hybridized carbons (Fsp3) is 0.375. The topological polar surface area (TPSA) is 58.4 Å². The Bertz CT molecular complexity index is 686. The molecule has 1 aromatic carbocycles. The number of hydrogen-bond donors (Lipinski definition) is 1. The quantitative estimate of drug-likeness (QED) is 0.924. The van der Waals surface area contributed by atoms with Gasteiger partial charge in [0.1, 0.15) is 0 Å². The van der Waals surface area contributed by atoms with E-state index in [1.165, 1.54) is 0 Å². The molecule has 0 bridgehead atoms. The number of aliphatic hydroxyl groups excluding tert-OH is 1. The van der Waals surface area contributed by atoms with Crippen molar-refractivity contribution in [3.63, 3.8) is 0 Å². The second-order valence-electron chi connectivity index (χ2n) is 5.80. The first-order chi connectivity index (χ1) is 10.5. The molecule has 0 unspecified atom stereocenters. The number of amides is 1. The number of rotatable bonds is 2. The summed E-state index contributed by atoms with van der Waals surface area (Å²) in [5, 5.41) is 14.9. The Morgan fingerprint density at radius 1 is 1.32 bits per heavy atom. The van der Waals surface area contributed by atoms with Crippen molar-refractivity contribution in [2.45, 2.75) is 20.0 Å². The van der Waals surface area contributed by atoms with Gasteiger partial charge < -0.3 is 10.0 Å². The number of β-amino-alcohol motifs (C(OH)–C–C–N with tert-alkyl or cyclic N) is 1. The molecule has 22 heavy (non-hydrogen) atoms. The van der Waals surface area contributed by atoms with Gasteiger partial charge in [0, 0.05) is 30.2 Å². The largest absolute Gasteiger partial charge is 0.391 e. The van der Waals surface area contributed by atoms with Gasteiger partial charge in [-0.05, 0) is 31.2 Å². The average molecular weight is 320 g/mol. The van der Waals surface area contributed by atoms with Crippen LogP contribution in [0.25, 0.3) is 5.69 Å². The summed E-state index contributed by atoms with van der Waals surface area (Å²) >= 11 is 5.89. The van der Waals surface area contributed by atoms with Gasteiger partial charge in [-0.1, -0.05) is 18.5 Å². The van der Waals surface area contributed by atoms with Crippen molar-refractivity contribution in [2.75, 3.05) is 13.1 Å². The van der Waals surface area contributed by atoms with Crippen LogP contribution in [-0.4, -0.2) is 44.9 Å². The Labute approximate surface area is 134 Å². The maximum atomic E-state index is 12.6. The van der Waals surface area contributed by atoms with Crippen LogP contribution in [0, 0.1) is 12.8 Å². The fourth-order valence-electron chi connectivity index (χ4n) is 2.68. The Morgan fingerprint density at radius 3 is 2.59 bits per heavy atom. The molecule has 1 aliphatic heterocycles. The lowest BCUT2D eigenvalue weighted by Gasteiger charge is -2.14. The van der Waals surface area contributed by atoms with Gasteiger partial charge in [-0.3, -0.25) is 4.79 Å². The zero-order chi connectivity index (χ0) is 15.9. The monoisotopic (exact) mass is 319 g/mol. The molecule has 0 spiro atoms. The average Bonchev–Trinajstić information content (AvgIpc) is 3.03. The van der Waals surface area contributed by atoms with Crippen molar-refractivity contribution in [3.05, 3.63) is 46.7 Å². The van der Waals surface area contributed by atoms with E-state index in [1.54, 1.807) is 27.9 Å². The Kier molecular flexibility index (Phi) is 3.93. The van der Waals surface area contributed by atoms with E-state index in [0.29, 0.717) is 29.4 Å². The second-order valence-corrected chi connectivity index (χ2v) is 6.24. The third-order valence-corrected chi connectivity index (χ3v) is 4.33. The number of aromatic nitrogens is 2. The molecule has 6 heteroatoms. The van der Waals surface area contributed by atoms with Crippen LogP contribution in [0.1, 0.15) is 23.0 Å². The molecule has 1 amide bonds. The van der Waals surface area contributed by atoms with E-state index in [2.05, 4.69) is 5.10 Å². The molecular weight excluding hydrogens is 302 g/mol. The molecule has 3 rings (SSSR count). The number of aliphatic hydroxyl groups is 1. The van der Waals surface area contributed by atoms with Crippen LogP contribution in [0.15, 0.2) is 30.5 Å². The molecular formula is C16H18ClN3O2. The minimum Gasteiger partial charge on any atom is -0.391 e. The van der Waals surface area contributed by atoms with Crippen LogP contribution < -0.4 is 0 Å². The Morgan fingerprint density at radius 2 is 2.00 bits per heavy atom. The number of carbonyl (C=O) groups is 1. The summed E-state index contributed by atoms with van der Waals surface area (Å²) in [5.41, 5.74) is 2.09. The van der Waals surface area contributed by atoms with Gasteiger partial charge in [0.25, 0.3) is 5.91 Å².